The molecule has 128 valence electrons. The van der Waals surface area contributed by atoms with Crippen molar-refractivity contribution in [1.29, 1.82) is 0 Å². The number of hydrogen-bond donors (Lipinski definition) is 2. The van der Waals surface area contributed by atoms with Crippen molar-refractivity contribution in [1.82, 2.24) is 15.1 Å². The van der Waals surface area contributed by atoms with Gasteiger partial charge in [-0.3, -0.25) is 14.3 Å². The van der Waals surface area contributed by atoms with E-state index in [2.05, 4.69) is 15.7 Å². The molecule has 0 saturated heterocycles. The Morgan fingerprint density at radius 1 is 1.16 bits per heavy atom. The largest absolute Gasteiger partial charge is 0.351 e. The maximum atomic E-state index is 12.0. The first-order valence-electron chi connectivity index (χ1n) is 7.88. The van der Waals surface area contributed by atoms with E-state index in [9.17, 15) is 9.59 Å². The van der Waals surface area contributed by atoms with Crippen LogP contribution in [-0.4, -0.2) is 28.1 Å². The van der Waals surface area contributed by atoms with Crippen molar-refractivity contribution >= 4 is 28.8 Å². The standard InChI is InChI=1S/C18H18N4O2S/c23-17(7-9-19-18(24)16-6-2-11-25-16)21-15-5-1-4-14(12-15)13-22-10-3-8-20-22/h1-6,8,10-12H,7,9,13H2,(H,19,24)(H,21,23). The number of thiophene rings is 1. The first-order valence-corrected chi connectivity index (χ1v) is 8.76. The Labute approximate surface area is 149 Å². The fourth-order valence-electron chi connectivity index (χ4n) is 2.34. The van der Waals surface area contributed by atoms with Gasteiger partial charge in [-0.25, -0.2) is 0 Å². The van der Waals surface area contributed by atoms with Gasteiger partial charge in [-0.15, -0.1) is 11.3 Å². The summed E-state index contributed by atoms with van der Waals surface area (Å²) in [6.07, 6.45) is 3.85. The molecule has 0 aliphatic heterocycles. The second-order valence-corrected chi connectivity index (χ2v) is 6.38. The topological polar surface area (TPSA) is 76.0 Å². The Balaban J connectivity index is 1.47. The van der Waals surface area contributed by atoms with Crippen LogP contribution in [0.25, 0.3) is 0 Å². The van der Waals surface area contributed by atoms with E-state index < -0.39 is 0 Å². The molecule has 3 aromatic rings. The van der Waals surface area contributed by atoms with Crippen LogP contribution in [0.2, 0.25) is 0 Å². The Morgan fingerprint density at radius 2 is 2.08 bits per heavy atom. The minimum absolute atomic E-state index is 0.136. The number of amides is 2. The highest BCUT2D eigenvalue weighted by Crippen LogP contribution is 2.12. The van der Waals surface area contributed by atoms with Gasteiger partial charge in [-0.2, -0.15) is 5.10 Å². The second kappa shape index (κ2) is 8.25. The molecule has 0 fully saturated rings. The number of aromatic nitrogens is 2. The summed E-state index contributed by atoms with van der Waals surface area (Å²) in [7, 11) is 0. The maximum absolute atomic E-state index is 12.0. The van der Waals surface area contributed by atoms with Crippen LogP contribution in [0.1, 0.15) is 21.7 Å². The van der Waals surface area contributed by atoms with Crippen molar-refractivity contribution in [2.45, 2.75) is 13.0 Å². The zero-order chi connectivity index (χ0) is 17.5. The van der Waals surface area contributed by atoms with Crippen molar-refractivity contribution in [3.63, 3.8) is 0 Å². The number of benzene rings is 1. The van der Waals surface area contributed by atoms with Crippen molar-refractivity contribution in [2.75, 3.05) is 11.9 Å². The summed E-state index contributed by atoms with van der Waals surface area (Å²) in [5.74, 6) is -0.285. The number of hydrogen-bond acceptors (Lipinski definition) is 4. The highest BCUT2D eigenvalue weighted by atomic mass is 32.1. The molecule has 0 aliphatic carbocycles. The SMILES string of the molecule is O=C(CCNC(=O)c1cccs1)Nc1cccc(Cn2cccn2)c1. The van der Waals surface area contributed by atoms with Crippen LogP contribution in [-0.2, 0) is 11.3 Å². The Hall–Kier alpha value is -2.93. The van der Waals surface area contributed by atoms with Gasteiger partial charge in [0, 0.05) is 31.0 Å². The van der Waals surface area contributed by atoms with Crippen LogP contribution in [0, 0.1) is 0 Å². The zero-order valence-electron chi connectivity index (χ0n) is 13.5. The molecule has 2 amide bonds. The van der Waals surface area contributed by atoms with E-state index in [4.69, 9.17) is 0 Å². The summed E-state index contributed by atoms with van der Waals surface area (Å²) in [4.78, 5) is 24.5. The number of anilines is 1. The van der Waals surface area contributed by atoms with E-state index in [0.29, 0.717) is 18.0 Å². The number of rotatable bonds is 7. The van der Waals surface area contributed by atoms with Gasteiger partial charge < -0.3 is 10.6 Å². The van der Waals surface area contributed by atoms with E-state index in [-0.39, 0.29) is 18.2 Å². The summed E-state index contributed by atoms with van der Waals surface area (Å²) in [5, 5.41) is 11.6. The average molecular weight is 354 g/mol. The molecule has 0 bridgehead atoms. The van der Waals surface area contributed by atoms with Gasteiger partial charge in [0.1, 0.15) is 0 Å². The van der Waals surface area contributed by atoms with Crippen molar-refractivity contribution in [3.8, 4) is 0 Å². The molecule has 0 unspecified atom stereocenters. The lowest BCUT2D eigenvalue weighted by molar-refractivity contribution is -0.116. The number of nitrogens with one attached hydrogen (secondary N) is 2. The zero-order valence-corrected chi connectivity index (χ0v) is 14.3. The van der Waals surface area contributed by atoms with Gasteiger partial charge in [-0.1, -0.05) is 18.2 Å². The lowest BCUT2D eigenvalue weighted by Crippen LogP contribution is -2.27. The summed E-state index contributed by atoms with van der Waals surface area (Å²) in [6, 6.07) is 13.1. The number of carbonyl (C=O) groups is 2. The summed E-state index contributed by atoms with van der Waals surface area (Å²) < 4.78 is 1.82. The molecule has 0 radical (unpaired) electrons. The fourth-order valence-corrected chi connectivity index (χ4v) is 2.98. The molecule has 0 atom stereocenters. The van der Waals surface area contributed by atoms with Gasteiger partial charge in [0.05, 0.1) is 11.4 Å². The van der Waals surface area contributed by atoms with Crippen LogP contribution in [0.3, 0.4) is 0 Å². The maximum Gasteiger partial charge on any atom is 0.261 e. The smallest absolute Gasteiger partial charge is 0.261 e. The van der Waals surface area contributed by atoms with E-state index >= 15 is 0 Å². The van der Waals surface area contributed by atoms with E-state index in [1.807, 2.05) is 52.7 Å². The molecule has 6 nitrogen and oxygen atoms in total. The Morgan fingerprint density at radius 3 is 2.84 bits per heavy atom. The van der Waals surface area contributed by atoms with Crippen LogP contribution < -0.4 is 10.6 Å². The molecule has 0 aliphatic rings. The normalized spacial score (nSPS) is 10.4. The number of nitrogens with zero attached hydrogens (tertiary/aromatic N) is 2. The molecular formula is C18H18N4O2S. The molecule has 0 saturated carbocycles. The van der Waals surface area contributed by atoms with Gasteiger partial charge in [0.2, 0.25) is 5.91 Å². The van der Waals surface area contributed by atoms with Crippen LogP contribution in [0.5, 0.6) is 0 Å². The predicted molar refractivity (Wildman–Crippen MR) is 97.7 cm³/mol. The third-order valence-electron chi connectivity index (χ3n) is 3.50. The van der Waals surface area contributed by atoms with E-state index in [1.165, 1.54) is 11.3 Å². The molecule has 25 heavy (non-hydrogen) atoms. The Kier molecular flexibility index (Phi) is 5.58. The van der Waals surface area contributed by atoms with Crippen LogP contribution >= 0.6 is 11.3 Å². The lowest BCUT2D eigenvalue weighted by atomic mass is 10.2. The lowest BCUT2D eigenvalue weighted by Gasteiger charge is -2.08. The molecule has 7 heteroatoms. The minimum atomic E-state index is -0.149. The molecule has 1 aromatic carbocycles. The molecule has 2 N–H and O–H groups in total. The first-order chi connectivity index (χ1) is 12.2. The molecule has 2 heterocycles. The quantitative estimate of drug-likeness (QED) is 0.685. The van der Waals surface area contributed by atoms with Crippen LogP contribution in [0.4, 0.5) is 5.69 Å². The molecule has 0 spiro atoms. The summed E-state index contributed by atoms with van der Waals surface area (Å²) in [5.41, 5.74) is 1.78. The monoisotopic (exact) mass is 354 g/mol. The van der Waals surface area contributed by atoms with Gasteiger partial charge in [-0.05, 0) is 35.2 Å². The minimum Gasteiger partial charge on any atom is -0.351 e. The van der Waals surface area contributed by atoms with E-state index in [0.717, 1.165) is 11.3 Å². The summed E-state index contributed by atoms with van der Waals surface area (Å²) in [6.45, 7) is 0.948. The third kappa shape index (κ3) is 5.02. The fraction of sp³-hybridized carbons (Fsp3) is 0.167. The van der Waals surface area contributed by atoms with Crippen molar-refractivity contribution < 1.29 is 9.59 Å². The molecular weight excluding hydrogens is 336 g/mol. The second-order valence-electron chi connectivity index (χ2n) is 5.44. The van der Waals surface area contributed by atoms with Crippen molar-refractivity contribution in [2.24, 2.45) is 0 Å². The van der Waals surface area contributed by atoms with Crippen molar-refractivity contribution in [3.05, 3.63) is 70.7 Å². The highest BCUT2D eigenvalue weighted by molar-refractivity contribution is 7.12. The van der Waals surface area contributed by atoms with Gasteiger partial charge in [0.25, 0.3) is 5.91 Å². The van der Waals surface area contributed by atoms with Gasteiger partial charge in [0.15, 0.2) is 0 Å². The summed E-state index contributed by atoms with van der Waals surface area (Å²) >= 11 is 1.38. The third-order valence-corrected chi connectivity index (χ3v) is 4.37. The highest BCUT2D eigenvalue weighted by Gasteiger charge is 2.08. The number of carbonyl (C=O) groups excluding carboxylic acids is 2. The predicted octanol–water partition coefficient (Wildman–Crippen LogP) is 2.75. The Bertz CT molecular complexity index is 829. The average Bonchev–Trinajstić information content (AvgIpc) is 3.28. The molecule has 3 rings (SSSR count). The van der Waals surface area contributed by atoms with E-state index in [1.54, 1.807) is 12.3 Å². The molecule has 2 aromatic heterocycles. The van der Waals surface area contributed by atoms with Crippen LogP contribution in [0.15, 0.2) is 60.2 Å². The van der Waals surface area contributed by atoms with Gasteiger partial charge >= 0.3 is 0 Å². The first kappa shape index (κ1) is 16.9.